The molecule has 0 saturated heterocycles. The van der Waals surface area contributed by atoms with Gasteiger partial charge in [0.05, 0.1) is 0 Å². The van der Waals surface area contributed by atoms with Gasteiger partial charge in [-0.2, -0.15) is 0 Å². The summed E-state index contributed by atoms with van der Waals surface area (Å²) in [6.07, 6.45) is 0.479. The van der Waals surface area contributed by atoms with Gasteiger partial charge < -0.3 is 5.73 Å². The van der Waals surface area contributed by atoms with Gasteiger partial charge in [0.2, 0.25) is 0 Å². The first-order valence-corrected chi connectivity index (χ1v) is 4.35. The zero-order valence-corrected chi connectivity index (χ0v) is 8.06. The van der Waals surface area contributed by atoms with E-state index in [1.165, 1.54) is 6.07 Å². The summed E-state index contributed by atoms with van der Waals surface area (Å²) >= 11 is 0. The third-order valence-corrected chi connectivity index (χ3v) is 2.07. The highest BCUT2D eigenvalue weighted by Gasteiger charge is 2.07. The van der Waals surface area contributed by atoms with E-state index in [4.69, 9.17) is 5.73 Å². The number of rotatable bonds is 3. The Morgan fingerprint density at radius 2 is 2.07 bits per heavy atom. The molecule has 1 aromatic rings. The Hall–Kier alpha value is -1.22. The summed E-state index contributed by atoms with van der Waals surface area (Å²) < 4.78 is 25.4. The van der Waals surface area contributed by atoms with Crippen molar-refractivity contribution in [2.75, 3.05) is 0 Å². The molecule has 14 heavy (non-hydrogen) atoms. The van der Waals surface area contributed by atoms with E-state index in [2.05, 4.69) is 6.58 Å². The molecular formula is C11H13F2N. The van der Waals surface area contributed by atoms with Crippen molar-refractivity contribution in [3.8, 4) is 0 Å². The lowest BCUT2D eigenvalue weighted by Crippen LogP contribution is -2.23. The van der Waals surface area contributed by atoms with Crippen molar-refractivity contribution in [3.63, 3.8) is 0 Å². The topological polar surface area (TPSA) is 26.0 Å². The van der Waals surface area contributed by atoms with Crippen molar-refractivity contribution in [1.82, 2.24) is 0 Å². The summed E-state index contributed by atoms with van der Waals surface area (Å²) in [5, 5.41) is 0. The van der Waals surface area contributed by atoms with Gasteiger partial charge >= 0.3 is 0 Å². The van der Waals surface area contributed by atoms with E-state index in [-0.39, 0.29) is 6.04 Å². The Balaban J connectivity index is 2.78. The van der Waals surface area contributed by atoms with Crippen LogP contribution in [0, 0.1) is 11.6 Å². The molecule has 0 spiro atoms. The first-order chi connectivity index (χ1) is 6.50. The molecule has 0 heterocycles. The van der Waals surface area contributed by atoms with Gasteiger partial charge in [-0.3, -0.25) is 0 Å². The molecule has 1 unspecified atom stereocenters. The number of nitrogens with two attached hydrogens (primary N) is 1. The molecule has 0 aliphatic rings. The lowest BCUT2D eigenvalue weighted by Gasteiger charge is -2.10. The molecule has 1 nitrogen and oxygen atoms in total. The zero-order chi connectivity index (χ0) is 10.7. The fourth-order valence-electron chi connectivity index (χ4n) is 1.09. The summed E-state index contributed by atoms with van der Waals surface area (Å²) in [6.45, 7) is 5.51. The maximum absolute atomic E-state index is 12.8. The normalized spacial score (nSPS) is 12.6. The number of hydrogen-bond acceptors (Lipinski definition) is 1. The molecule has 0 aromatic heterocycles. The third-order valence-electron chi connectivity index (χ3n) is 2.07. The van der Waals surface area contributed by atoms with Gasteiger partial charge in [-0.15, -0.1) is 0 Å². The fourth-order valence-corrected chi connectivity index (χ4v) is 1.09. The highest BCUT2D eigenvalue weighted by Crippen LogP contribution is 2.11. The Kier molecular flexibility index (Phi) is 3.36. The first kappa shape index (κ1) is 10.9. The molecule has 0 aliphatic heterocycles. The standard InChI is InChI=1S/C11H13F2N/c1-7(2)11(14)6-8-3-4-9(12)10(13)5-8/h3-5,11H,1,6,14H2,2H3. The van der Waals surface area contributed by atoms with Crippen LogP contribution in [-0.4, -0.2) is 6.04 Å². The quantitative estimate of drug-likeness (QED) is 0.740. The lowest BCUT2D eigenvalue weighted by atomic mass is 10.0. The molecular weight excluding hydrogens is 184 g/mol. The van der Waals surface area contributed by atoms with E-state index in [0.29, 0.717) is 12.0 Å². The highest BCUT2D eigenvalue weighted by molar-refractivity contribution is 5.20. The smallest absolute Gasteiger partial charge is 0.159 e. The Labute approximate surface area is 82.2 Å². The molecule has 0 fully saturated rings. The van der Waals surface area contributed by atoms with Crippen LogP contribution in [0.3, 0.4) is 0 Å². The first-order valence-electron chi connectivity index (χ1n) is 4.35. The second-order valence-corrected chi connectivity index (χ2v) is 3.41. The average molecular weight is 197 g/mol. The van der Waals surface area contributed by atoms with E-state index in [9.17, 15) is 8.78 Å². The highest BCUT2D eigenvalue weighted by atomic mass is 19.2. The molecule has 1 rings (SSSR count). The Morgan fingerprint density at radius 1 is 1.43 bits per heavy atom. The third kappa shape index (κ3) is 2.64. The van der Waals surface area contributed by atoms with E-state index in [1.54, 1.807) is 0 Å². The van der Waals surface area contributed by atoms with Gasteiger partial charge in [-0.05, 0) is 31.0 Å². The van der Waals surface area contributed by atoms with Gasteiger partial charge in [-0.25, -0.2) is 8.78 Å². The zero-order valence-electron chi connectivity index (χ0n) is 8.06. The summed E-state index contributed by atoms with van der Waals surface area (Å²) in [4.78, 5) is 0. The Bertz CT molecular complexity index is 347. The second kappa shape index (κ2) is 4.33. The maximum Gasteiger partial charge on any atom is 0.159 e. The molecule has 3 heteroatoms. The van der Waals surface area contributed by atoms with Crippen molar-refractivity contribution >= 4 is 0 Å². The van der Waals surface area contributed by atoms with Crippen LogP contribution in [0.25, 0.3) is 0 Å². The Morgan fingerprint density at radius 3 is 2.57 bits per heavy atom. The number of hydrogen-bond donors (Lipinski definition) is 1. The molecule has 0 saturated carbocycles. The van der Waals surface area contributed by atoms with Crippen molar-refractivity contribution in [1.29, 1.82) is 0 Å². The predicted molar refractivity (Wildman–Crippen MR) is 52.9 cm³/mol. The van der Waals surface area contributed by atoms with Crippen LogP contribution < -0.4 is 5.73 Å². The number of halogens is 2. The van der Waals surface area contributed by atoms with Crippen LogP contribution in [0.1, 0.15) is 12.5 Å². The van der Waals surface area contributed by atoms with E-state index in [1.807, 2.05) is 6.92 Å². The van der Waals surface area contributed by atoms with Crippen LogP contribution >= 0.6 is 0 Å². The molecule has 0 aliphatic carbocycles. The van der Waals surface area contributed by atoms with E-state index >= 15 is 0 Å². The maximum atomic E-state index is 12.8. The molecule has 1 aromatic carbocycles. The fraction of sp³-hybridized carbons (Fsp3) is 0.273. The summed E-state index contributed by atoms with van der Waals surface area (Å²) in [5.74, 6) is -1.67. The van der Waals surface area contributed by atoms with Crippen molar-refractivity contribution in [2.45, 2.75) is 19.4 Å². The van der Waals surface area contributed by atoms with Crippen molar-refractivity contribution in [3.05, 3.63) is 47.5 Å². The van der Waals surface area contributed by atoms with Gasteiger partial charge in [0.15, 0.2) is 11.6 Å². The molecule has 0 radical (unpaired) electrons. The minimum atomic E-state index is -0.837. The average Bonchev–Trinajstić information content (AvgIpc) is 2.11. The number of benzene rings is 1. The van der Waals surface area contributed by atoms with E-state index in [0.717, 1.165) is 17.7 Å². The molecule has 76 valence electrons. The monoisotopic (exact) mass is 197 g/mol. The predicted octanol–water partition coefficient (Wildman–Crippen LogP) is 2.41. The van der Waals surface area contributed by atoms with Crippen molar-refractivity contribution in [2.24, 2.45) is 5.73 Å². The minimum Gasteiger partial charge on any atom is -0.324 e. The SMILES string of the molecule is C=C(C)C(N)Cc1ccc(F)c(F)c1. The second-order valence-electron chi connectivity index (χ2n) is 3.41. The molecule has 1 atom stereocenters. The molecule has 2 N–H and O–H groups in total. The van der Waals surface area contributed by atoms with Crippen LogP contribution in [0.5, 0.6) is 0 Å². The van der Waals surface area contributed by atoms with Gasteiger partial charge in [0.25, 0.3) is 0 Å². The van der Waals surface area contributed by atoms with Crippen LogP contribution in [0.15, 0.2) is 30.4 Å². The molecule has 0 bridgehead atoms. The lowest BCUT2D eigenvalue weighted by molar-refractivity contribution is 0.506. The van der Waals surface area contributed by atoms with Crippen LogP contribution in [0.4, 0.5) is 8.78 Å². The van der Waals surface area contributed by atoms with Gasteiger partial charge in [0, 0.05) is 6.04 Å². The van der Waals surface area contributed by atoms with Gasteiger partial charge in [0.1, 0.15) is 0 Å². The minimum absolute atomic E-state index is 0.208. The van der Waals surface area contributed by atoms with Gasteiger partial charge in [-0.1, -0.05) is 18.2 Å². The molecule has 0 amide bonds. The van der Waals surface area contributed by atoms with E-state index < -0.39 is 11.6 Å². The summed E-state index contributed by atoms with van der Waals surface area (Å²) in [7, 11) is 0. The summed E-state index contributed by atoms with van der Waals surface area (Å²) in [6, 6.07) is 3.59. The largest absolute Gasteiger partial charge is 0.324 e. The van der Waals surface area contributed by atoms with Crippen molar-refractivity contribution < 1.29 is 8.78 Å². The van der Waals surface area contributed by atoms with Crippen LogP contribution in [-0.2, 0) is 6.42 Å². The summed E-state index contributed by atoms with van der Waals surface area (Å²) in [5.41, 5.74) is 7.23. The van der Waals surface area contributed by atoms with Crippen LogP contribution in [0.2, 0.25) is 0 Å².